The fraction of sp³-hybridized carbons (Fsp3) is 0.417. The number of carbonyl (C=O) groups excluding carboxylic acids is 2. The first-order valence-electron chi connectivity index (χ1n) is 10.6. The molecule has 6 nitrogen and oxygen atoms in total. The van der Waals surface area contributed by atoms with Gasteiger partial charge in [0.1, 0.15) is 5.75 Å². The van der Waals surface area contributed by atoms with Gasteiger partial charge in [0.2, 0.25) is 5.91 Å². The van der Waals surface area contributed by atoms with Crippen LogP contribution in [0.5, 0.6) is 5.75 Å². The van der Waals surface area contributed by atoms with Crippen LogP contribution in [0.25, 0.3) is 0 Å². The zero-order valence-electron chi connectivity index (χ0n) is 18.6. The van der Waals surface area contributed by atoms with Crippen LogP contribution in [-0.4, -0.2) is 36.1 Å². The van der Waals surface area contributed by atoms with E-state index in [1.165, 1.54) is 0 Å². The van der Waals surface area contributed by atoms with Gasteiger partial charge in [-0.15, -0.1) is 0 Å². The van der Waals surface area contributed by atoms with Gasteiger partial charge in [-0.1, -0.05) is 46.9 Å². The molecule has 0 bridgehead atoms. The molecule has 1 saturated carbocycles. The molecule has 2 amide bonds. The van der Waals surface area contributed by atoms with Crippen LogP contribution in [0.3, 0.4) is 0 Å². The van der Waals surface area contributed by atoms with E-state index in [0.29, 0.717) is 46.9 Å². The van der Waals surface area contributed by atoms with Gasteiger partial charge >= 0.3 is 0 Å². The Labute approximate surface area is 208 Å². The second kappa shape index (κ2) is 11.0. The van der Waals surface area contributed by atoms with Crippen LogP contribution in [-0.2, 0) is 20.9 Å². The highest BCUT2D eigenvalue weighted by Crippen LogP contribution is 2.41. The summed E-state index contributed by atoms with van der Waals surface area (Å²) in [5, 5.41) is 7.47. The van der Waals surface area contributed by atoms with Crippen LogP contribution in [0.1, 0.15) is 38.7 Å². The lowest BCUT2D eigenvalue weighted by Gasteiger charge is -2.53. The maximum Gasteiger partial charge on any atom is 0.258 e. The van der Waals surface area contributed by atoms with E-state index in [1.54, 1.807) is 24.3 Å². The quantitative estimate of drug-likeness (QED) is 0.429. The molecule has 3 rings (SSSR count). The maximum atomic E-state index is 12.3. The minimum atomic E-state index is -0.414. The molecule has 0 aromatic heterocycles. The molecule has 0 heterocycles. The molecule has 0 saturated heterocycles. The Morgan fingerprint density at radius 1 is 0.939 bits per heavy atom. The van der Waals surface area contributed by atoms with E-state index in [1.807, 2.05) is 32.0 Å². The van der Waals surface area contributed by atoms with Gasteiger partial charge in [0.25, 0.3) is 5.91 Å². The molecule has 2 aromatic rings. The van der Waals surface area contributed by atoms with Gasteiger partial charge in [-0.25, -0.2) is 0 Å². The van der Waals surface area contributed by atoms with Crippen LogP contribution in [0.15, 0.2) is 42.5 Å². The summed E-state index contributed by atoms with van der Waals surface area (Å²) in [4.78, 5) is 24.6. The lowest BCUT2D eigenvalue weighted by Crippen LogP contribution is -2.68. The Balaban J connectivity index is 1.34. The largest absolute Gasteiger partial charge is 0.484 e. The fourth-order valence-electron chi connectivity index (χ4n) is 4.32. The third kappa shape index (κ3) is 7.78. The number of halogens is 3. The van der Waals surface area contributed by atoms with Crippen molar-refractivity contribution < 1.29 is 19.1 Å². The lowest BCUT2D eigenvalue weighted by atomic mass is 9.64. The summed E-state index contributed by atoms with van der Waals surface area (Å²) in [7, 11) is 0. The Morgan fingerprint density at radius 2 is 1.64 bits per heavy atom. The SMILES string of the molecule is CC1(NC(=O)CCOCc2cccc(Cl)c2)CC(C)(NC(=O)COc2ccc(Cl)c(Cl)c2)C1. The molecule has 33 heavy (non-hydrogen) atoms. The molecule has 2 N–H and O–H groups in total. The van der Waals surface area contributed by atoms with Crippen molar-refractivity contribution in [2.24, 2.45) is 0 Å². The second-order valence-electron chi connectivity index (χ2n) is 8.87. The summed E-state index contributed by atoms with van der Waals surface area (Å²) in [5.41, 5.74) is 0.170. The van der Waals surface area contributed by atoms with Gasteiger partial charge in [0.15, 0.2) is 6.61 Å². The second-order valence-corrected chi connectivity index (χ2v) is 10.1. The normalized spacial score (nSPS) is 21.7. The van der Waals surface area contributed by atoms with Crippen LogP contribution in [0, 0.1) is 0 Å². The zero-order chi connectivity index (χ0) is 24.1. The summed E-state index contributed by atoms with van der Waals surface area (Å²) >= 11 is 17.8. The number of hydrogen-bond donors (Lipinski definition) is 2. The Morgan fingerprint density at radius 3 is 2.30 bits per heavy atom. The summed E-state index contributed by atoms with van der Waals surface area (Å²) in [5.74, 6) is 0.138. The maximum absolute atomic E-state index is 12.3. The van der Waals surface area contributed by atoms with Crippen LogP contribution in [0.4, 0.5) is 0 Å². The highest BCUT2D eigenvalue weighted by atomic mass is 35.5. The summed E-state index contributed by atoms with van der Waals surface area (Å²) < 4.78 is 11.1. The Hall–Kier alpha value is -1.99. The molecule has 2 aromatic carbocycles. The molecular weight excluding hydrogens is 487 g/mol. The van der Waals surface area contributed by atoms with Crippen LogP contribution >= 0.6 is 34.8 Å². The lowest BCUT2D eigenvalue weighted by molar-refractivity contribution is -0.129. The first kappa shape index (κ1) is 25.6. The minimum absolute atomic E-state index is 0.0834. The van der Waals surface area contributed by atoms with E-state index in [-0.39, 0.29) is 30.4 Å². The van der Waals surface area contributed by atoms with Gasteiger partial charge in [0, 0.05) is 28.6 Å². The number of carbonyl (C=O) groups is 2. The third-order valence-corrected chi connectivity index (χ3v) is 6.31. The Kier molecular flexibility index (Phi) is 8.51. The number of hydrogen-bond acceptors (Lipinski definition) is 4. The van der Waals surface area contributed by atoms with Crippen LogP contribution in [0.2, 0.25) is 15.1 Å². The van der Waals surface area contributed by atoms with Crippen molar-refractivity contribution in [3.63, 3.8) is 0 Å². The predicted octanol–water partition coefficient (Wildman–Crippen LogP) is 5.18. The molecule has 1 aliphatic carbocycles. The number of nitrogens with one attached hydrogen (secondary N) is 2. The molecule has 1 fully saturated rings. The number of benzene rings is 2. The predicted molar refractivity (Wildman–Crippen MR) is 130 cm³/mol. The summed E-state index contributed by atoms with van der Waals surface area (Å²) in [6, 6.07) is 12.2. The van der Waals surface area contributed by atoms with Crippen molar-refractivity contribution in [1.82, 2.24) is 10.6 Å². The van der Waals surface area contributed by atoms with Gasteiger partial charge < -0.3 is 20.1 Å². The molecular formula is C24H27Cl3N2O4. The van der Waals surface area contributed by atoms with Crippen LogP contribution < -0.4 is 15.4 Å². The molecule has 0 radical (unpaired) electrons. The van der Waals surface area contributed by atoms with Gasteiger partial charge in [-0.3, -0.25) is 9.59 Å². The van der Waals surface area contributed by atoms with Crippen molar-refractivity contribution in [2.45, 2.75) is 50.8 Å². The highest BCUT2D eigenvalue weighted by molar-refractivity contribution is 6.42. The van der Waals surface area contributed by atoms with E-state index in [2.05, 4.69) is 10.6 Å². The molecule has 0 atom stereocenters. The third-order valence-electron chi connectivity index (χ3n) is 5.34. The molecule has 0 aliphatic heterocycles. The first-order chi connectivity index (χ1) is 15.6. The van der Waals surface area contributed by atoms with Crippen molar-refractivity contribution in [1.29, 1.82) is 0 Å². The van der Waals surface area contributed by atoms with Gasteiger partial charge in [0.05, 0.1) is 23.3 Å². The fourth-order valence-corrected chi connectivity index (χ4v) is 4.82. The Bertz CT molecular complexity index is 1010. The van der Waals surface area contributed by atoms with E-state index in [4.69, 9.17) is 44.3 Å². The first-order valence-corrected chi connectivity index (χ1v) is 11.7. The average molecular weight is 514 g/mol. The summed E-state index contributed by atoms with van der Waals surface area (Å²) in [6.45, 7) is 4.50. The topological polar surface area (TPSA) is 76.7 Å². The van der Waals surface area contributed by atoms with E-state index in [0.717, 1.165) is 5.56 Å². The molecule has 0 spiro atoms. The molecule has 9 heteroatoms. The van der Waals surface area contributed by atoms with Crippen molar-refractivity contribution >= 4 is 46.6 Å². The minimum Gasteiger partial charge on any atom is -0.484 e. The number of ether oxygens (including phenoxy) is 2. The molecule has 1 aliphatic rings. The zero-order valence-corrected chi connectivity index (χ0v) is 20.8. The average Bonchev–Trinajstić information content (AvgIpc) is 2.71. The molecule has 0 unspecified atom stereocenters. The smallest absolute Gasteiger partial charge is 0.258 e. The van der Waals surface area contributed by atoms with E-state index in [9.17, 15) is 9.59 Å². The summed E-state index contributed by atoms with van der Waals surface area (Å²) in [6.07, 6.45) is 1.50. The van der Waals surface area contributed by atoms with Gasteiger partial charge in [-0.2, -0.15) is 0 Å². The van der Waals surface area contributed by atoms with Gasteiger partial charge in [-0.05, 0) is 56.5 Å². The van der Waals surface area contributed by atoms with E-state index >= 15 is 0 Å². The number of amides is 2. The monoisotopic (exact) mass is 512 g/mol. The highest BCUT2D eigenvalue weighted by Gasteiger charge is 2.50. The molecule has 178 valence electrons. The van der Waals surface area contributed by atoms with E-state index < -0.39 is 5.54 Å². The van der Waals surface area contributed by atoms with Crippen molar-refractivity contribution in [2.75, 3.05) is 13.2 Å². The standard InChI is InChI=1S/C24H27Cl3N2O4/c1-23(28-21(30)8-9-32-12-16-4-3-5-17(25)10-16)14-24(2,15-23)29-22(31)13-33-18-6-7-19(26)20(27)11-18/h3-7,10-11H,8-9,12-15H2,1-2H3,(H,28,30)(H,29,31). The number of rotatable bonds is 10. The van der Waals surface area contributed by atoms with Crippen molar-refractivity contribution in [3.8, 4) is 5.75 Å². The van der Waals surface area contributed by atoms with Crippen molar-refractivity contribution in [3.05, 3.63) is 63.1 Å².